The zero-order valence-electron chi connectivity index (χ0n) is 30.7. The van der Waals surface area contributed by atoms with Crippen LogP contribution in [0.25, 0.3) is 10.9 Å². The summed E-state index contributed by atoms with van der Waals surface area (Å²) < 4.78 is 17.4. The Hall–Kier alpha value is -4.49. The molecule has 2 aliphatic rings. The molecule has 6 rings (SSSR count). The molecule has 2 fully saturated rings. The van der Waals surface area contributed by atoms with Crippen LogP contribution >= 0.6 is 0 Å². The number of urea groups is 1. The SMILES string of the molecule is COc1cc2ncnc(NCc3cccc(NC(=O)Nc4ccc(C)cc4)c3)c2cc1OCCCCCCN1CCN(CCN2CCOCC2)CC1. The van der Waals surface area contributed by atoms with Crippen molar-refractivity contribution in [3.8, 4) is 11.5 Å². The highest BCUT2D eigenvalue weighted by molar-refractivity contribution is 5.99. The van der Waals surface area contributed by atoms with Gasteiger partial charge in [-0.25, -0.2) is 14.8 Å². The summed E-state index contributed by atoms with van der Waals surface area (Å²) in [5, 5.41) is 10.1. The van der Waals surface area contributed by atoms with Crippen molar-refractivity contribution in [2.24, 2.45) is 0 Å². The number of methoxy groups -OCH3 is 1. The van der Waals surface area contributed by atoms with Gasteiger partial charge in [0.15, 0.2) is 11.5 Å². The Morgan fingerprint density at radius 2 is 1.48 bits per heavy atom. The lowest BCUT2D eigenvalue weighted by Gasteiger charge is -2.36. The lowest BCUT2D eigenvalue weighted by Crippen LogP contribution is -2.49. The van der Waals surface area contributed by atoms with Crippen molar-refractivity contribution in [2.45, 2.75) is 39.2 Å². The van der Waals surface area contributed by atoms with E-state index in [9.17, 15) is 4.79 Å². The zero-order chi connectivity index (χ0) is 36.0. The predicted octanol–water partition coefficient (Wildman–Crippen LogP) is 6.09. The predicted molar refractivity (Wildman–Crippen MR) is 208 cm³/mol. The number of hydrogen-bond donors (Lipinski definition) is 3. The number of aromatic nitrogens is 2. The van der Waals surface area contributed by atoms with Crippen molar-refractivity contribution in [2.75, 3.05) is 102 Å². The number of unbranched alkanes of at least 4 members (excludes halogenated alkanes) is 3. The minimum absolute atomic E-state index is 0.294. The number of fused-ring (bicyclic) bond motifs is 1. The number of anilines is 3. The molecule has 0 bridgehead atoms. The maximum atomic E-state index is 12.6. The highest BCUT2D eigenvalue weighted by Crippen LogP contribution is 2.34. The molecule has 3 aromatic carbocycles. The summed E-state index contributed by atoms with van der Waals surface area (Å²) in [4.78, 5) is 29.3. The molecule has 12 nitrogen and oxygen atoms in total. The lowest BCUT2D eigenvalue weighted by atomic mass is 10.1. The molecule has 4 aromatic rings. The number of amides is 2. The van der Waals surface area contributed by atoms with Crippen LogP contribution < -0.4 is 25.4 Å². The highest BCUT2D eigenvalue weighted by Gasteiger charge is 2.18. The van der Waals surface area contributed by atoms with Crippen molar-refractivity contribution in [1.29, 1.82) is 0 Å². The molecular formula is C40H54N8O4. The third-order valence-electron chi connectivity index (χ3n) is 9.80. The summed E-state index contributed by atoms with van der Waals surface area (Å²) >= 11 is 0. The molecule has 2 saturated heterocycles. The van der Waals surface area contributed by atoms with Gasteiger partial charge in [0, 0.05) is 81.7 Å². The summed E-state index contributed by atoms with van der Waals surface area (Å²) in [6.45, 7) is 15.2. The summed E-state index contributed by atoms with van der Waals surface area (Å²) in [5.74, 6) is 2.04. The molecule has 1 aromatic heterocycles. The van der Waals surface area contributed by atoms with Crippen LogP contribution in [0.5, 0.6) is 11.5 Å². The number of carbonyl (C=O) groups excluding carboxylic acids is 1. The van der Waals surface area contributed by atoms with Gasteiger partial charge in [0.05, 0.1) is 32.4 Å². The fourth-order valence-electron chi connectivity index (χ4n) is 6.67. The van der Waals surface area contributed by atoms with Crippen LogP contribution in [0.2, 0.25) is 0 Å². The maximum absolute atomic E-state index is 12.6. The molecule has 2 aliphatic heterocycles. The standard InChI is InChI=1S/C40H54N8O4/c1-31-10-12-33(13-11-31)44-40(49)45-34-9-7-8-32(26-34)29-41-39-35-27-38(37(50-2)28-36(35)42-30-43-39)52-23-6-4-3-5-14-46-15-17-47(18-16-46)19-20-48-21-24-51-25-22-48/h7-13,26-28,30H,3-6,14-25,29H2,1-2H3,(H,41,42,43)(H2,44,45,49). The summed E-state index contributed by atoms with van der Waals surface area (Å²) in [6.07, 6.45) is 6.09. The van der Waals surface area contributed by atoms with Gasteiger partial charge in [-0.1, -0.05) is 42.7 Å². The lowest BCUT2D eigenvalue weighted by molar-refractivity contribution is 0.0299. The van der Waals surface area contributed by atoms with Crippen LogP contribution in [-0.4, -0.2) is 117 Å². The van der Waals surface area contributed by atoms with E-state index >= 15 is 0 Å². The van der Waals surface area contributed by atoms with Gasteiger partial charge >= 0.3 is 6.03 Å². The smallest absolute Gasteiger partial charge is 0.323 e. The molecule has 0 radical (unpaired) electrons. The fraction of sp³-hybridized carbons (Fsp3) is 0.475. The molecule has 0 spiro atoms. The molecule has 12 heteroatoms. The van der Waals surface area contributed by atoms with E-state index in [2.05, 4.69) is 40.6 Å². The van der Waals surface area contributed by atoms with E-state index in [0.717, 1.165) is 73.4 Å². The van der Waals surface area contributed by atoms with Gasteiger partial charge in [0.25, 0.3) is 0 Å². The molecule has 0 unspecified atom stereocenters. The average Bonchev–Trinajstić information content (AvgIpc) is 3.17. The second-order valence-electron chi connectivity index (χ2n) is 13.6. The second-order valence-corrected chi connectivity index (χ2v) is 13.6. The van der Waals surface area contributed by atoms with E-state index < -0.39 is 0 Å². The molecule has 0 atom stereocenters. The zero-order valence-corrected chi connectivity index (χ0v) is 30.7. The Morgan fingerprint density at radius 1 is 0.769 bits per heavy atom. The van der Waals surface area contributed by atoms with Crippen molar-refractivity contribution < 1.29 is 19.0 Å². The number of rotatable bonds is 17. The van der Waals surface area contributed by atoms with E-state index in [1.54, 1.807) is 13.4 Å². The van der Waals surface area contributed by atoms with Crippen LogP contribution in [0.3, 0.4) is 0 Å². The van der Waals surface area contributed by atoms with Gasteiger partial charge in [0.1, 0.15) is 12.1 Å². The quantitative estimate of drug-likeness (QED) is 0.111. The number of carbonyl (C=O) groups is 1. The molecular weight excluding hydrogens is 656 g/mol. The van der Waals surface area contributed by atoms with Crippen LogP contribution in [0.4, 0.5) is 22.0 Å². The third-order valence-corrected chi connectivity index (χ3v) is 9.80. The largest absolute Gasteiger partial charge is 0.493 e. The first-order chi connectivity index (χ1) is 25.5. The number of hydrogen-bond acceptors (Lipinski definition) is 10. The minimum Gasteiger partial charge on any atom is -0.493 e. The van der Waals surface area contributed by atoms with Crippen molar-refractivity contribution in [3.05, 3.63) is 78.1 Å². The van der Waals surface area contributed by atoms with Crippen molar-refractivity contribution >= 4 is 34.1 Å². The van der Waals surface area contributed by atoms with E-state index in [-0.39, 0.29) is 6.03 Å². The van der Waals surface area contributed by atoms with Crippen molar-refractivity contribution in [3.63, 3.8) is 0 Å². The second kappa shape index (κ2) is 19.4. The Labute approximate surface area is 307 Å². The fourth-order valence-corrected chi connectivity index (χ4v) is 6.67. The van der Waals surface area contributed by atoms with E-state index in [1.165, 1.54) is 52.1 Å². The highest BCUT2D eigenvalue weighted by atomic mass is 16.5. The van der Waals surface area contributed by atoms with E-state index in [0.29, 0.717) is 36.2 Å². The number of ether oxygens (including phenoxy) is 3. The van der Waals surface area contributed by atoms with Gasteiger partial charge in [-0.05, 0) is 62.2 Å². The number of nitrogens with zero attached hydrogens (tertiary/aromatic N) is 5. The number of aryl methyl sites for hydroxylation is 1. The van der Waals surface area contributed by atoms with Gasteiger partial charge in [-0.15, -0.1) is 0 Å². The van der Waals surface area contributed by atoms with Crippen LogP contribution in [0.15, 0.2) is 67.0 Å². The Bertz CT molecular complexity index is 1710. The van der Waals surface area contributed by atoms with Crippen LogP contribution in [0.1, 0.15) is 36.8 Å². The molecule has 52 heavy (non-hydrogen) atoms. The van der Waals surface area contributed by atoms with Crippen LogP contribution in [-0.2, 0) is 11.3 Å². The Balaban J connectivity index is 0.921. The number of piperazine rings is 1. The van der Waals surface area contributed by atoms with Crippen LogP contribution in [0, 0.1) is 6.92 Å². The van der Waals surface area contributed by atoms with Crippen molar-refractivity contribution in [1.82, 2.24) is 24.7 Å². The first kappa shape index (κ1) is 37.3. The number of morpholine rings is 1. The first-order valence-electron chi connectivity index (χ1n) is 18.7. The van der Waals surface area contributed by atoms with Gasteiger partial charge in [-0.2, -0.15) is 0 Å². The summed E-state index contributed by atoms with van der Waals surface area (Å²) in [5.41, 5.74) is 4.33. The summed E-state index contributed by atoms with van der Waals surface area (Å²) in [7, 11) is 1.65. The van der Waals surface area contributed by atoms with Gasteiger partial charge < -0.3 is 35.1 Å². The Morgan fingerprint density at radius 3 is 2.25 bits per heavy atom. The molecule has 3 N–H and O–H groups in total. The van der Waals surface area contributed by atoms with Gasteiger partial charge in [0.2, 0.25) is 0 Å². The normalized spacial score (nSPS) is 15.7. The molecule has 0 saturated carbocycles. The molecule has 278 valence electrons. The van der Waals surface area contributed by atoms with E-state index in [1.807, 2.05) is 67.6 Å². The number of benzene rings is 3. The number of nitrogens with one attached hydrogen (secondary N) is 3. The summed E-state index contributed by atoms with van der Waals surface area (Å²) in [6, 6.07) is 19.0. The molecule has 2 amide bonds. The average molecular weight is 711 g/mol. The maximum Gasteiger partial charge on any atom is 0.323 e. The topological polar surface area (TPSA) is 116 Å². The third kappa shape index (κ3) is 11.3. The first-order valence-corrected chi connectivity index (χ1v) is 18.7. The van der Waals surface area contributed by atoms with Gasteiger partial charge in [-0.3, -0.25) is 9.80 Å². The Kier molecular flexibility index (Phi) is 13.9. The minimum atomic E-state index is -0.294. The molecule has 3 heterocycles. The monoisotopic (exact) mass is 710 g/mol. The van der Waals surface area contributed by atoms with E-state index in [4.69, 9.17) is 14.2 Å². The molecule has 0 aliphatic carbocycles.